The van der Waals surface area contributed by atoms with Crippen LogP contribution in [0.4, 0.5) is 13.6 Å². The quantitative estimate of drug-likeness (QED) is 0.532. The second-order valence-corrected chi connectivity index (χ2v) is 9.03. The fourth-order valence-corrected chi connectivity index (χ4v) is 4.11. The Morgan fingerprint density at radius 1 is 1.13 bits per heavy atom. The van der Waals surface area contributed by atoms with Crippen molar-refractivity contribution in [3.8, 4) is 0 Å². The summed E-state index contributed by atoms with van der Waals surface area (Å²) in [7, 11) is 0. The van der Waals surface area contributed by atoms with Crippen LogP contribution in [0, 0.1) is 17.8 Å². The third-order valence-corrected chi connectivity index (χ3v) is 5.52. The zero-order valence-corrected chi connectivity index (χ0v) is 17.3. The van der Waals surface area contributed by atoms with Crippen molar-refractivity contribution in [1.29, 1.82) is 0 Å². The Labute approximate surface area is 174 Å². The zero-order valence-electron chi connectivity index (χ0n) is 17.3. The number of carbonyl (C=O) groups is 3. The number of hydrogen-bond acceptors (Lipinski definition) is 5. The number of carbonyl (C=O) groups excluding carboxylic acids is 3. The molecule has 164 valence electrons. The second kappa shape index (κ2) is 8.32. The molecule has 3 unspecified atom stereocenters. The van der Waals surface area contributed by atoms with Crippen LogP contribution in [0.1, 0.15) is 45.6 Å². The minimum absolute atomic E-state index is 0.00758. The number of ether oxygens (including phenoxy) is 2. The van der Waals surface area contributed by atoms with Crippen LogP contribution in [0.3, 0.4) is 0 Å². The number of nitrogens with one attached hydrogen (secondary N) is 1. The smallest absolute Gasteiger partial charge is 0.408 e. The zero-order chi connectivity index (χ0) is 22.1. The Bertz CT molecular complexity index is 791. The molecule has 1 N–H and O–H groups in total. The standard InChI is InChI=1S/C22H27F2NO5/c1-21(2,3)30-18(27)11-17(26)19(14-9-15-16(10-14)22(15,23)24)25-20(28)29-12-13-7-5-4-6-8-13/h4-8,14-16,19H,9-12H2,1-3H3,(H,25,28). The molecular formula is C22H27F2NO5. The number of fused-ring (bicyclic) bond motifs is 1. The third kappa shape index (κ3) is 5.34. The molecule has 6 nitrogen and oxygen atoms in total. The van der Waals surface area contributed by atoms with Gasteiger partial charge in [-0.15, -0.1) is 0 Å². The number of halogens is 2. The van der Waals surface area contributed by atoms with Crippen LogP contribution in [-0.2, 0) is 25.7 Å². The number of hydrogen-bond donors (Lipinski definition) is 1. The minimum atomic E-state index is -2.69. The van der Waals surface area contributed by atoms with E-state index in [1.165, 1.54) is 0 Å². The van der Waals surface area contributed by atoms with Crippen molar-refractivity contribution >= 4 is 17.8 Å². The van der Waals surface area contributed by atoms with E-state index in [1.807, 2.05) is 6.07 Å². The molecule has 0 spiro atoms. The molecule has 30 heavy (non-hydrogen) atoms. The molecule has 0 saturated heterocycles. The number of esters is 1. The van der Waals surface area contributed by atoms with Gasteiger partial charge in [0, 0.05) is 11.8 Å². The molecule has 8 heteroatoms. The largest absolute Gasteiger partial charge is 0.460 e. The van der Waals surface area contributed by atoms with E-state index in [0.717, 1.165) is 5.56 Å². The van der Waals surface area contributed by atoms with Crippen molar-refractivity contribution in [2.75, 3.05) is 0 Å². The number of rotatable bonds is 7. The molecule has 0 bridgehead atoms. The van der Waals surface area contributed by atoms with Crippen molar-refractivity contribution in [1.82, 2.24) is 5.32 Å². The first-order chi connectivity index (χ1) is 14.0. The Morgan fingerprint density at radius 3 is 2.30 bits per heavy atom. The molecule has 3 rings (SSSR count). The molecule has 0 heterocycles. The van der Waals surface area contributed by atoms with Gasteiger partial charge in [0.25, 0.3) is 5.92 Å². The summed E-state index contributed by atoms with van der Waals surface area (Å²) in [5.41, 5.74) is 0.0115. The first-order valence-electron chi connectivity index (χ1n) is 10.1. The monoisotopic (exact) mass is 423 g/mol. The van der Waals surface area contributed by atoms with E-state index in [-0.39, 0.29) is 19.4 Å². The highest BCUT2D eigenvalue weighted by atomic mass is 19.3. The summed E-state index contributed by atoms with van der Waals surface area (Å²) in [6, 6.07) is 7.93. The van der Waals surface area contributed by atoms with Gasteiger partial charge in [0.2, 0.25) is 0 Å². The lowest BCUT2D eigenvalue weighted by Gasteiger charge is -2.26. The Hall–Kier alpha value is -2.51. The van der Waals surface area contributed by atoms with Crippen molar-refractivity contribution in [3.63, 3.8) is 0 Å². The lowest BCUT2D eigenvalue weighted by Crippen LogP contribution is -2.47. The van der Waals surface area contributed by atoms with E-state index < -0.39 is 59.6 Å². The van der Waals surface area contributed by atoms with Crippen molar-refractivity contribution in [2.45, 2.75) is 64.2 Å². The van der Waals surface area contributed by atoms with Gasteiger partial charge in [0.1, 0.15) is 18.6 Å². The van der Waals surface area contributed by atoms with Crippen LogP contribution in [0.15, 0.2) is 30.3 Å². The van der Waals surface area contributed by atoms with Crippen molar-refractivity contribution < 1.29 is 32.6 Å². The summed E-state index contributed by atoms with van der Waals surface area (Å²) in [4.78, 5) is 37.1. The molecule has 2 fully saturated rings. The topological polar surface area (TPSA) is 81.7 Å². The maximum absolute atomic E-state index is 13.6. The lowest BCUT2D eigenvalue weighted by atomic mass is 9.90. The van der Waals surface area contributed by atoms with E-state index in [4.69, 9.17) is 9.47 Å². The van der Waals surface area contributed by atoms with E-state index >= 15 is 0 Å². The number of Topliss-reactive ketones (excluding diaryl/α,β-unsaturated/α-hetero) is 1. The van der Waals surface area contributed by atoms with Crippen molar-refractivity contribution in [2.24, 2.45) is 17.8 Å². The highest BCUT2D eigenvalue weighted by Gasteiger charge is 2.72. The average Bonchev–Trinajstić information content (AvgIpc) is 2.98. The first-order valence-corrected chi connectivity index (χ1v) is 10.1. The van der Waals surface area contributed by atoms with Gasteiger partial charge in [-0.3, -0.25) is 9.59 Å². The molecule has 3 atom stereocenters. The molecule has 1 aromatic rings. The Morgan fingerprint density at radius 2 is 1.73 bits per heavy atom. The van der Waals surface area contributed by atoms with E-state index in [9.17, 15) is 23.2 Å². The number of benzene rings is 1. The molecule has 2 saturated carbocycles. The van der Waals surface area contributed by atoms with E-state index in [2.05, 4.69) is 5.32 Å². The predicted octanol–water partition coefficient (Wildman–Crippen LogP) is 3.87. The average molecular weight is 423 g/mol. The van der Waals surface area contributed by atoms with Crippen LogP contribution in [0.5, 0.6) is 0 Å². The van der Waals surface area contributed by atoms with Gasteiger partial charge in [-0.1, -0.05) is 30.3 Å². The summed E-state index contributed by atoms with van der Waals surface area (Å²) >= 11 is 0. The highest BCUT2D eigenvalue weighted by molar-refractivity contribution is 6.00. The highest BCUT2D eigenvalue weighted by Crippen LogP contribution is 2.66. The Balaban J connectivity index is 1.61. The maximum atomic E-state index is 13.6. The van der Waals surface area contributed by atoms with Crippen molar-refractivity contribution in [3.05, 3.63) is 35.9 Å². The van der Waals surface area contributed by atoms with Gasteiger partial charge in [-0.25, -0.2) is 13.6 Å². The van der Waals surface area contributed by atoms with E-state index in [0.29, 0.717) is 0 Å². The summed E-state index contributed by atoms with van der Waals surface area (Å²) in [6.45, 7) is 5.05. The van der Waals surface area contributed by atoms with Gasteiger partial charge in [-0.2, -0.15) is 0 Å². The SMILES string of the molecule is CC(C)(C)OC(=O)CC(=O)C(NC(=O)OCc1ccccc1)C1CC2C(C1)C2(F)F. The minimum Gasteiger partial charge on any atom is -0.460 e. The van der Waals surface area contributed by atoms with Gasteiger partial charge >= 0.3 is 12.1 Å². The Kier molecular flexibility index (Phi) is 6.15. The fourth-order valence-electron chi connectivity index (χ4n) is 4.11. The van der Waals surface area contributed by atoms with Crippen LogP contribution in [0.2, 0.25) is 0 Å². The lowest BCUT2D eigenvalue weighted by molar-refractivity contribution is -0.156. The summed E-state index contributed by atoms with van der Waals surface area (Å²) in [5.74, 6) is -5.95. The van der Waals surface area contributed by atoms with Crippen LogP contribution in [-0.4, -0.2) is 35.4 Å². The van der Waals surface area contributed by atoms with Crippen LogP contribution in [0.25, 0.3) is 0 Å². The first kappa shape index (κ1) is 22.2. The van der Waals surface area contributed by atoms with Crippen LogP contribution < -0.4 is 5.32 Å². The molecule has 1 aromatic carbocycles. The number of alkyl halides is 2. The van der Waals surface area contributed by atoms with Gasteiger partial charge in [0.05, 0.1) is 6.04 Å². The molecule has 2 aliphatic carbocycles. The third-order valence-electron chi connectivity index (χ3n) is 5.52. The van der Waals surface area contributed by atoms with Gasteiger partial charge in [-0.05, 0) is 45.1 Å². The maximum Gasteiger partial charge on any atom is 0.408 e. The predicted molar refractivity (Wildman–Crippen MR) is 104 cm³/mol. The molecule has 0 aromatic heterocycles. The normalized spacial score (nSPS) is 25.0. The van der Waals surface area contributed by atoms with Gasteiger partial charge in [0.15, 0.2) is 5.78 Å². The molecule has 0 aliphatic heterocycles. The number of ketones is 1. The fraction of sp³-hybridized carbons (Fsp3) is 0.591. The molecule has 2 aliphatic rings. The van der Waals surface area contributed by atoms with Gasteiger partial charge < -0.3 is 14.8 Å². The summed E-state index contributed by atoms with van der Waals surface area (Å²) < 4.78 is 37.5. The van der Waals surface area contributed by atoms with E-state index in [1.54, 1.807) is 45.0 Å². The summed E-state index contributed by atoms with van der Waals surface area (Å²) in [5, 5.41) is 2.50. The second-order valence-electron chi connectivity index (χ2n) is 9.03. The number of amides is 1. The molecular weight excluding hydrogens is 396 g/mol. The number of alkyl carbamates (subject to hydrolysis) is 1. The summed E-state index contributed by atoms with van der Waals surface area (Å²) in [6.07, 6.45) is -1.11. The van der Waals surface area contributed by atoms with Crippen LogP contribution >= 0.6 is 0 Å². The molecule has 1 amide bonds. The molecule has 0 radical (unpaired) electrons.